The number of rotatable bonds is 0. The van der Waals surface area contributed by atoms with Crippen LogP contribution < -0.4 is 0 Å². The molecule has 2 heteroatoms. The number of hydrogen-bond acceptors (Lipinski definition) is 2. The molecule has 0 bridgehead atoms. The van der Waals surface area contributed by atoms with Crippen molar-refractivity contribution in [3.8, 4) is 11.8 Å². The van der Waals surface area contributed by atoms with Gasteiger partial charge in [0, 0.05) is 0 Å². The predicted octanol–water partition coefficient (Wildman–Crippen LogP) is 4.59. The molecule has 0 fully saturated rings. The maximum atomic E-state index is 8.81. The second-order valence-electron chi connectivity index (χ2n) is 3.82. The molecule has 0 aliphatic carbocycles. The smallest absolute Gasteiger partial charge is 0.115 e. The Labute approximate surface area is 116 Å². The molecule has 0 amide bonds. The van der Waals surface area contributed by atoms with Crippen LogP contribution in [0, 0.1) is 25.2 Å². The first kappa shape index (κ1) is 16.7. The molecule has 0 aliphatic heterocycles. The van der Waals surface area contributed by atoms with Crippen LogP contribution in [0.1, 0.15) is 30.5 Å². The van der Waals surface area contributed by atoms with Gasteiger partial charge >= 0.3 is 0 Å². The third kappa shape index (κ3) is 7.62. The number of aryl methyl sites for hydroxylation is 2. The van der Waals surface area contributed by atoms with E-state index >= 15 is 0 Å². The molecule has 0 saturated carbocycles. The highest BCUT2D eigenvalue weighted by molar-refractivity contribution is 5.31. The highest BCUT2D eigenvalue weighted by Gasteiger charge is 1.86. The van der Waals surface area contributed by atoms with Crippen LogP contribution in [-0.4, -0.2) is 5.11 Å². The quantitative estimate of drug-likeness (QED) is 0.748. The summed E-state index contributed by atoms with van der Waals surface area (Å²) >= 11 is 0. The van der Waals surface area contributed by atoms with E-state index < -0.39 is 0 Å². The molecule has 2 aromatic carbocycles. The summed E-state index contributed by atoms with van der Waals surface area (Å²) < 4.78 is 0. The first-order chi connectivity index (χ1) is 9.11. The minimum atomic E-state index is 0.338. The van der Waals surface area contributed by atoms with Gasteiger partial charge in [-0.25, -0.2) is 0 Å². The minimum absolute atomic E-state index is 0.338. The van der Waals surface area contributed by atoms with Crippen molar-refractivity contribution in [1.82, 2.24) is 0 Å². The monoisotopic (exact) mass is 255 g/mol. The zero-order valence-corrected chi connectivity index (χ0v) is 12.0. The highest BCUT2D eigenvalue weighted by atomic mass is 16.3. The van der Waals surface area contributed by atoms with Crippen LogP contribution in [0.4, 0.5) is 0 Å². The number of nitriles is 1. The van der Waals surface area contributed by atoms with Crippen LogP contribution in [0.3, 0.4) is 0 Å². The van der Waals surface area contributed by atoms with Crippen LogP contribution >= 0.6 is 0 Å². The van der Waals surface area contributed by atoms with Crippen molar-refractivity contribution in [3.05, 3.63) is 65.2 Å². The molecule has 0 aromatic heterocycles. The zero-order chi connectivity index (χ0) is 14.7. The fourth-order valence-corrected chi connectivity index (χ4v) is 1.34. The molecule has 2 nitrogen and oxygen atoms in total. The Morgan fingerprint density at radius 3 is 1.74 bits per heavy atom. The topological polar surface area (TPSA) is 44.0 Å². The molecule has 100 valence electrons. The highest BCUT2D eigenvalue weighted by Crippen LogP contribution is 2.08. The molecule has 0 saturated heterocycles. The number of aromatic hydroxyl groups is 1. The summed E-state index contributed by atoms with van der Waals surface area (Å²) in [6.45, 7) is 7.92. The first-order valence-electron chi connectivity index (χ1n) is 6.34. The largest absolute Gasteiger partial charge is 0.508 e. The summed E-state index contributed by atoms with van der Waals surface area (Å²) in [6, 6.07) is 16.7. The number of nitrogens with zero attached hydrogens (tertiary/aromatic N) is 1. The lowest BCUT2D eigenvalue weighted by Gasteiger charge is -1.89. The van der Waals surface area contributed by atoms with Gasteiger partial charge in [-0.1, -0.05) is 38.1 Å². The minimum Gasteiger partial charge on any atom is -0.508 e. The molecule has 0 heterocycles. The zero-order valence-electron chi connectivity index (χ0n) is 12.0. The standard InChI is InChI=1S/C8H7N.C7H8O.C2H6/c1-7-3-2-4-8(5-7)6-9;1-6-3-2-4-7(8)5-6;1-2/h2-5H,1H3;2-5,8H,1H3;1-2H3. The van der Waals surface area contributed by atoms with E-state index in [9.17, 15) is 0 Å². The van der Waals surface area contributed by atoms with E-state index in [1.165, 1.54) is 0 Å². The lowest BCUT2D eigenvalue weighted by Crippen LogP contribution is -1.73. The van der Waals surface area contributed by atoms with E-state index in [4.69, 9.17) is 10.4 Å². The van der Waals surface area contributed by atoms with E-state index in [0.717, 1.165) is 16.7 Å². The van der Waals surface area contributed by atoms with Crippen molar-refractivity contribution in [2.24, 2.45) is 0 Å². The molecule has 2 rings (SSSR count). The van der Waals surface area contributed by atoms with Gasteiger partial charge in [-0.15, -0.1) is 0 Å². The molecule has 1 N–H and O–H groups in total. The Morgan fingerprint density at radius 2 is 1.42 bits per heavy atom. The van der Waals surface area contributed by atoms with Gasteiger partial charge in [-0.05, 0) is 49.2 Å². The number of phenols is 1. The average molecular weight is 255 g/mol. The first-order valence-corrected chi connectivity index (χ1v) is 6.34. The van der Waals surface area contributed by atoms with Crippen molar-refractivity contribution in [3.63, 3.8) is 0 Å². The van der Waals surface area contributed by atoms with Crippen molar-refractivity contribution in [1.29, 1.82) is 5.26 Å². The van der Waals surface area contributed by atoms with Gasteiger partial charge in [0.05, 0.1) is 11.6 Å². The molecule has 0 atom stereocenters. The van der Waals surface area contributed by atoms with Crippen LogP contribution in [0.2, 0.25) is 0 Å². The van der Waals surface area contributed by atoms with Gasteiger partial charge in [0.2, 0.25) is 0 Å². The van der Waals surface area contributed by atoms with E-state index in [1.54, 1.807) is 18.2 Å². The van der Waals surface area contributed by atoms with Gasteiger partial charge < -0.3 is 5.11 Å². The van der Waals surface area contributed by atoms with Gasteiger partial charge in [0.1, 0.15) is 5.75 Å². The molecular formula is C17H21NO. The molecule has 0 radical (unpaired) electrons. The summed E-state index contributed by atoms with van der Waals surface area (Å²) in [6.07, 6.45) is 0. The van der Waals surface area contributed by atoms with Crippen LogP contribution in [0.5, 0.6) is 5.75 Å². The maximum Gasteiger partial charge on any atom is 0.115 e. The summed E-state index contributed by atoms with van der Waals surface area (Å²) in [5.41, 5.74) is 2.95. The fraction of sp³-hybridized carbons (Fsp3) is 0.235. The van der Waals surface area contributed by atoms with Gasteiger partial charge in [-0.3, -0.25) is 0 Å². The number of benzene rings is 2. The molecule has 0 spiro atoms. The second kappa shape index (κ2) is 9.73. The van der Waals surface area contributed by atoms with Crippen molar-refractivity contribution in [2.75, 3.05) is 0 Å². The Kier molecular flexibility index (Phi) is 8.57. The summed E-state index contributed by atoms with van der Waals surface area (Å²) in [4.78, 5) is 0. The van der Waals surface area contributed by atoms with Crippen molar-refractivity contribution >= 4 is 0 Å². The summed E-state index contributed by atoms with van der Waals surface area (Å²) in [7, 11) is 0. The molecule has 0 aliphatic rings. The van der Waals surface area contributed by atoms with Crippen LogP contribution in [0.25, 0.3) is 0 Å². The van der Waals surface area contributed by atoms with Crippen LogP contribution in [-0.2, 0) is 0 Å². The molecule has 19 heavy (non-hydrogen) atoms. The van der Waals surface area contributed by atoms with E-state index in [0.29, 0.717) is 5.75 Å². The fourth-order valence-electron chi connectivity index (χ4n) is 1.34. The molecular weight excluding hydrogens is 234 g/mol. The lowest BCUT2D eigenvalue weighted by molar-refractivity contribution is 0.475. The van der Waals surface area contributed by atoms with Gasteiger partial charge in [0.25, 0.3) is 0 Å². The summed E-state index contributed by atoms with van der Waals surface area (Å²) in [5, 5.41) is 17.2. The molecule has 2 aromatic rings. The third-order valence-corrected chi connectivity index (χ3v) is 2.15. The Balaban J connectivity index is 0.000000303. The van der Waals surface area contributed by atoms with E-state index in [-0.39, 0.29) is 0 Å². The third-order valence-electron chi connectivity index (χ3n) is 2.15. The SMILES string of the molecule is CC.Cc1cccc(C#N)c1.Cc1cccc(O)c1. The Hall–Kier alpha value is -2.27. The van der Waals surface area contributed by atoms with E-state index in [2.05, 4.69) is 6.07 Å². The Bertz CT molecular complexity index is 510. The van der Waals surface area contributed by atoms with Crippen LogP contribution in [0.15, 0.2) is 48.5 Å². The van der Waals surface area contributed by atoms with Crippen molar-refractivity contribution < 1.29 is 5.11 Å². The molecule has 0 unspecified atom stereocenters. The van der Waals surface area contributed by atoms with Crippen molar-refractivity contribution in [2.45, 2.75) is 27.7 Å². The lowest BCUT2D eigenvalue weighted by atomic mass is 10.2. The average Bonchev–Trinajstić information content (AvgIpc) is 2.41. The maximum absolute atomic E-state index is 8.81. The summed E-state index contributed by atoms with van der Waals surface area (Å²) in [5.74, 6) is 0.338. The van der Waals surface area contributed by atoms with Gasteiger partial charge in [0.15, 0.2) is 0 Å². The number of hydrogen-bond donors (Lipinski definition) is 1. The predicted molar refractivity (Wildman–Crippen MR) is 80.1 cm³/mol. The number of phenolic OH excluding ortho intramolecular Hbond substituents is 1. The van der Waals surface area contributed by atoms with E-state index in [1.807, 2.05) is 58.0 Å². The van der Waals surface area contributed by atoms with Gasteiger partial charge in [-0.2, -0.15) is 5.26 Å². The normalized spacial score (nSPS) is 8.16. The second-order valence-corrected chi connectivity index (χ2v) is 3.82. The Morgan fingerprint density at radius 1 is 0.895 bits per heavy atom.